The van der Waals surface area contributed by atoms with E-state index in [1.165, 1.54) is 0 Å². The monoisotopic (exact) mass is 208 g/mol. The fourth-order valence-corrected chi connectivity index (χ4v) is 2.25. The van der Waals surface area contributed by atoms with E-state index in [4.69, 9.17) is 9.15 Å². The highest BCUT2D eigenvalue weighted by atomic mass is 16.5. The van der Waals surface area contributed by atoms with Crippen molar-refractivity contribution in [3.05, 3.63) is 24.2 Å². The van der Waals surface area contributed by atoms with Gasteiger partial charge in [-0.2, -0.15) is 0 Å². The predicted octanol–water partition coefficient (Wildman–Crippen LogP) is 2.87. The van der Waals surface area contributed by atoms with Crippen LogP contribution in [0.15, 0.2) is 23.0 Å². The Balaban J connectivity index is 2.03. The maximum Gasteiger partial charge on any atom is 0.132 e. The highest BCUT2D eigenvalue weighted by Crippen LogP contribution is 2.41. The molecule has 0 spiro atoms. The number of carbonyl (C=O) groups excluding carboxylic acids is 1. The number of rotatable bonds is 3. The lowest BCUT2D eigenvalue weighted by Gasteiger charge is -2.23. The molecule has 1 aromatic heterocycles. The van der Waals surface area contributed by atoms with E-state index in [-0.39, 0.29) is 17.5 Å². The van der Waals surface area contributed by atoms with Gasteiger partial charge < -0.3 is 9.15 Å². The van der Waals surface area contributed by atoms with Crippen LogP contribution in [0.3, 0.4) is 0 Å². The molecule has 0 unspecified atom stereocenters. The fourth-order valence-electron chi connectivity index (χ4n) is 2.25. The van der Waals surface area contributed by atoms with E-state index in [0.29, 0.717) is 6.42 Å². The predicted molar refractivity (Wildman–Crippen MR) is 55.5 cm³/mol. The Labute approximate surface area is 89.4 Å². The molecule has 3 heteroatoms. The van der Waals surface area contributed by atoms with Crippen LogP contribution in [0.1, 0.15) is 44.8 Å². The summed E-state index contributed by atoms with van der Waals surface area (Å²) in [7, 11) is 0. The Kier molecular flexibility index (Phi) is 2.65. The number of furan rings is 1. The van der Waals surface area contributed by atoms with Gasteiger partial charge in [-0.25, -0.2) is 0 Å². The van der Waals surface area contributed by atoms with Gasteiger partial charge in [-0.1, -0.05) is 0 Å². The lowest BCUT2D eigenvalue weighted by Crippen LogP contribution is -2.26. The minimum Gasteiger partial charge on any atom is -0.472 e. The van der Waals surface area contributed by atoms with Gasteiger partial charge in [0.15, 0.2) is 0 Å². The van der Waals surface area contributed by atoms with Crippen LogP contribution >= 0.6 is 0 Å². The zero-order valence-corrected chi connectivity index (χ0v) is 9.16. The smallest absolute Gasteiger partial charge is 0.132 e. The molecule has 0 amide bonds. The Hall–Kier alpha value is -1.09. The van der Waals surface area contributed by atoms with Crippen molar-refractivity contribution >= 4 is 5.78 Å². The summed E-state index contributed by atoms with van der Waals surface area (Å²) < 4.78 is 11.0. The van der Waals surface area contributed by atoms with Crippen LogP contribution in [0.25, 0.3) is 0 Å². The SMILES string of the molecule is CC(=O)C[C@@]1(C)CC[C@H](c2ccoc2)O1. The van der Waals surface area contributed by atoms with Gasteiger partial charge in [0.2, 0.25) is 0 Å². The number of carbonyl (C=O) groups is 1. The molecule has 1 aliphatic rings. The number of hydrogen-bond donors (Lipinski definition) is 0. The first kappa shape index (κ1) is 10.4. The van der Waals surface area contributed by atoms with Gasteiger partial charge in [-0.3, -0.25) is 4.79 Å². The molecule has 1 fully saturated rings. The van der Waals surface area contributed by atoms with Gasteiger partial charge in [-0.05, 0) is 32.8 Å². The average Bonchev–Trinajstić information content (AvgIpc) is 2.71. The van der Waals surface area contributed by atoms with Gasteiger partial charge in [-0.15, -0.1) is 0 Å². The van der Waals surface area contributed by atoms with Crippen LogP contribution in [0.2, 0.25) is 0 Å². The third-order valence-electron chi connectivity index (χ3n) is 2.90. The van der Waals surface area contributed by atoms with Crippen molar-refractivity contribution in [2.75, 3.05) is 0 Å². The van der Waals surface area contributed by atoms with Crippen LogP contribution < -0.4 is 0 Å². The molecule has 2 heterocycles. The molecular weight excluding hydrogens is 192 g/mol. The number of ether oxygens (including phenoxy) is 1. The average molecular weight is 208 g/mol. The first-order chi connectivity index (χ1) is 7.09. The van der Waals surface area contributed by atoms with Crippen LogP contribution in [0, 0.1) is 0 Å². The van der Waals surface area contributed by atoms with E-state index in [1.807, 2.05) is 13.0 Å². The molecule has 0 aliphatic carbocycles. The maximum absolute atomic E-state index is 11.1. The van der Waals surface area contributed by atoms with Gasteiger partial charge >= 0.3 is 0 Å². The van der Waals surface area contributed by atoms with E-state index in [1.54, 1.807) is 19.5 Å². The molecule has 2 atom stereocenters. The molecule has 0 bridgehead atoms. The highest BCUT2D eigenvalue weighted by Gasteiger charge is 2.37. The lowest BCUT2D eigenvalue weighted by atomic mass is 9.96. The molecule has 82 valence electrons. The second-order valence-electron chi connectivity index (χ2n) is 4.53. The minimum atomic E-state index is -0.284. The van der Waals surface area contributed by atoms with Crippen molar-refractivity contribution in [2.45, 2.75) is 44.8 Å². The Morgan fingerprint density at radius 3 is 3.07 bits per heavy atom. The fraction of sp³-hybridized carbons (Fsp3) is 0.583. The van der Waals surface area contributed by atoms with Crippen LogP contribution in [0.4, 0.5) is 0 Å². The zero-order valence-electron chi connectivity index (χ0n) is 9.16. The molecule has 0 radical (unpaired) electrons. The van der Waals surface area contributed by atoms with Crippen LogP contribution in [0.5, 0.6) is 0 Å². The third-order valence-corrected chi connectivity index (χ3v) is 2.90. The summed E-state index contributed by atoms with van der Waals surface area (Å²) in [6.45, 7) is 3.62. The third kappa shape index (κ3) is 2.29. The summed E-state index contributed by atoms with van der Waals surface area (Å²) in [5.74, 6) is 0.186. The van der Waals surface area contributed by atoms with Crippen molar-refractivity contribution in [2.24, 2.45) is 0 Å². The van der Waals surface area contributed by atoms with E-state index >= 15 is 0 Å². The van der Waals surface area contributed by atoms with Gasteiger partial charge in [0, 0.05) is 12.0 Å². The van der Waals surface area contributed by atoms with Crippen LogP contribution in [-0.2, 0) is 9.53 Å². The molecule has 0 saturated carbocycles. The second kappa shape index (κ2) is 3.81. The molecule has 1 aromatic rings. The van der Waals surface area contributed by atoms with Crippen molar-refractivity contribution in [3.63, 3.8) is 0 Å². The first-order valence-corrected chi connectivity index (χ1v) is 5.28. The number of Topliss-reactive ketones (excluding diaryl/α,β-unsaturated/α-hetero) is 1. The molecule has 3 nitrogen and oxygen atoms in total. The van der Waals surface area contributed by atoms with Crippen molar-refractivity contribution in [1.29, 1.82) is 0 Å². The summed E-state index contributed by atoms with van der Waals surface area (Å²) >= 11 is 0. The topological polar surface area (TPSA) is 39.4 Å². The summed E-state index contributed by atoms with van der Waals surface area (Å²) in [4.78, 5) is 11.1. The van der Waals surface area contributed by atoms with Gasteiger partial charge in [0.25, 0.3) is 0 Å². The largest absolute Gasteiger partial charge is 0.472 e. The molecule has 1 saturated heterocycles. The van der Waals surface area contributed by atoms with Gasteiger partial charge in [0.05, 0.1) is 24.2 Å². The van der Waals surface area contributed by atoms with Crippen LogP contribution in [-0.4, -0.2) is 11.4 Å². The quantitative estimate of drug-likeness (QED) is 0.766. The molecule has 15 heavy (non-hydrogen) atoms. The number of ketones is 1. The van der Waals surface area contributed by atoms with Crippen molar-refractivity contribution in [1.82, 2.24) is 0 Å². The normalized spacial score (nSPS) is 30.7. The summed E-state index contributed by atoms with van der Waals surface area (Å²) in [6, 6.07) is 1.92. The lowest BCUT2D eigenvalue weighted by molar-refractivity contribution is -0.123. The Morgan fingerprint density at radius 2 is 2.47 bits per heavy atom. The molecule has 0 N–H and O–H groups in total. The molecule has 1 aliphatic heterocycles. The van der Waals surface area contributed by atoms with E-state index in [0.717, 1.165) is 18.4 Å². The first-order valence-electron chi connectivity index (χ1n) is 5.28. The maximum atomic E-state index is 11.1. The standard InChI is InChI=1S/C12H16O3/c1-9(13)7-12(2)5-3-11(15-12)10-4-6-14-8-10/h4,6,8,11H,3,5,7H2,1-2H3/t11-,12-/m1/s1. The summed E-state index contributed by atoms with van der Waals surface area (Å²) in [6.07, 6.45) is 5.85. The van der Waals surface area contributed by atoms with Crippen molar-refractivity contribution < 1.29 is 13.9 Å². The van der Waals surface area contributed by atoms with E-state index < -0.39 is 0 Å². The summed E-state index contributed by atoms with van der Waals surface area (Å²) in [5.41, 5.74) is 0.788. The second-order valence-corrected chi connectivity index (χ2v) is 4.53. The Bertz CT molecular complexity index is 342. The highest BCUT2D eigenvalue weighted by molar-refractivity contribution is 5.76. The molecular formula is C12H16O3. The van der Waals surface area contributed by atoms with E-state index in [9.17, 15) is 4.79 Å². The molecule has 0 aromatic carbocycles. The van der Waals surface area contributed by atoms with Gasteiger partial charge in [0.1, 0.15) is 5.78 Å². The summed E-state index contributed by atoms with van der Waals surface area (Å²) in [5, 5.41) is 0. The Morgan fingerprint density at radius 1 is 1.67 bits per heavy atom. The minimum absolute atomic E-state index is 0.0908. The number of hydrogen-bond acceptors (Lipinski definition) is 3. The molecule has 2 rings (SSSR count). The zero-order chi connectivity index (χ0) is 10.9. The van der Waals surface area contributed by atoms with Crippen molar-refractivity contribution in [3.8, 4) is 0 Å². The van der Waals surface area contributed by atoms with E-state index in [2.05, 4.69) is 0 Å².